The van der Waals surface area contributed by atoms with E-state index in [4.69, 9.17) is 5.73 Å². The molecule has 1 atom stereocenters. The molecule has 0 fully saturated rings. The lowest BCUT2D eigenvalue weighted by atomic mass is 9.99. The summed E-state index contributed by atoms with van der Waals surface area (Å²) in [5.74, 6) is -1.05. The third-order valence-electron chi connectivity index (χ3n) is 2.45. The fourth-order valence-electron chi connectivity index (χ4n) is 1.63. The van der Waals surface area contributed by atoms with Crippen molar-refractivity contribution >= 4 is 0 Å². The number of nitrogens with two attached hydrogens (primary N) is 1. The van der Waals surface area contributed by atoms with Gasteiger partial charge in [-0.05, 0) is 17.7 Å². The Kier molecular flexibility index (Phi) is 5.19. The number of alkyl halides is 5. The zero-order valence-corrected chi connectivity index (χ0v) is 9.65. The normalized spacial score (nSPS) is 13.9. The highest BCUT2D eigenvalue weighted by Gasteiger charge is 2.35. The van der Waals surface area contributed by atoms with Gasteiger partial charge in [0.25, 0.3) is 6.43 Å². The summed E-state index contributed by atoms with van der Waals surface area (Å²) in [5.41, 5.74) is 3.70. The van der Waals surface area contributed by atoms with E-state index in [9.17, 15) is 26.3 Å². The number of hydrogen-bond donors (Lipinski definition) is 2. The van der Waals surface area contributed by atoms with Crippen LogP contribution in [0.25, 0.3) is 0 Å². The molecule has 3 N–H and O–H groups in total. The van der Waals surface area contributed by atoms with Gasteiger partial charge in [-0.3, -0.25) is 0 Å². The fraction of sp³-hybridized carbons (Fsp3) is 0.455. The Bertz CT molecular complexity index is 418. The molecule has 1 rings (SSSR count). The van der Waals surface area contributed by atoms with Crippen molar-refractivity contribution in [2.24, 2.45) is 5.73 Å². The molecule has 0 heterocycles. The third kappa shape index (κ3) is 4.39. The van der Waals surface area contributed by atoms with E-state index in [1.807, 2.05) is 0 Å². The summed E-state index contributed by atoms with van der Waals surface area (Å²) in [6.45, 7) is -1.11. The Morgan fingerprint density at radius 1 is 1.21 bits per heavy atom. The molecule has 2 nitrogen and oxygen atoms in total. The summed E-state index contributed by atoms with van der Waals surface area (Å²) in [4.78, 5) is 0. The molecule has 1 unspecified atom stereocenters. The highest BCUT2D eigenvalue weighted by Crippen LogP contribution is 2.35. The summed E-state index contributed by atoms with van der Waals surface area (Å²) >= 11 is 0. The van der Waals surface area contributed by atoms with Gasteiger partial charge in [-0.25, -0.2) is 13.2 Å². The van der Waals surface area contributed by atoms with Crippen LogP contribution in [-0.2, 0) is 6.18 Å². The second-order valence-electron chi connectivity index (χ2n) is 3.82. The molecule has 19 heavy (non-hydrogen) atoms. The molecule has 0 radical (unpaired) electrons. The van der Waals surface area contributed by atoms with Gasteiger partial charge in [-0.2, -0.15) is 13.2 Å². The van der Waals surface area contributed by atoms with Crippen LogP contribution in [-0.4, -0.2) is 19.5 Å². The van der Waals surface area contributed by atoms with Crippen molar-refractivity contribution in [2.45, 2.75) is 18.6 Å². The molecule has 0 bridgehead atoms. The molecule has 1 aromatic rings. The van der Waals surface area contributed by atoms with E-state index in [2.05, 4.69) is 5.32 Å². The van der Waals surface area contributed by atoms with Crippen molar-refractivity contribution in [3.05, 3.63) is 35.1 Å². The number of hydrogen-bond acceptors (Lipinski definition) is 2. The molecule has 0 aliphatic carbocycles. The lowest BCUT2D eigenvalue weighted by molar-refractivity contribution is -0.138. The molecule has 108 valence electrons. The van der Waals surface area contributed by atoms with Gasteiger partial charge in [0, 0.05) is 12.6 Å². The molecule has 0 spiro atoms. The first-order valence-corrected chi connectivity index (χ1v) is 5.34. The minimum absolute atomic E-state index is 0.318. The van der Waals surface area contributed by atoms with E-state index < -0.39 is 36.6 Å². The van der Waals surface area contributed by atoms with Gasteiger partial charge in [0.15, 0.2) is 0 Å². The maximum atomic E-state index is 12.9. The van der Waals surface area contributed by atoms with E-state index in [1.165, 1.54) is 0 Å². The van der Waals surface area contributed by atoms with Crippen LogP contribution < -0.4 is 11.1 Å². The van der Waals surface area contributed by atoms with Gasteiger partial charge in [-0.1, -0.05) is 6.07 Å². The molecule has 0 aliphatic heterocycles. The third-order valence-corrected chi connectivity index (χ3v) is 2.45. The Hall–Kier alpha value is -1.28. The smallest absolute Gasteiger partial charge is 0.329 e. The lowest BCUT2D eigenvalue weighted by Crippen LogP contribution is -2.33. The van der Waals surface area contributed by atoms with Crippen LogP contribution in [0.1, 0.15) is 17.2 Å². The second kappa shape index (κ2) is 6.25. The van der Waals surface area contributed by atoms with Crippen LogP contribution in [0, 0.1) is 5.82 Å². The minimum atomic E-state index is -4.78. The molecule has 8 heteroatoms. The van der Waals surface area contributed by atoms with Crippen LogP contribution in [0.2, 0.25) is 0 Å². The van der Waals surface area contributed by atoms with Crippen molar-refractivity contribution in [3.8, 4) is 0 Å². The molecule has 1 aromatic carbocycles. The van der Waals surface area contributed by atoms with Gasteiger partial charge >= 0.3 is 6.18 Å². The number of nitrogens with one attached hydrogen (secondary N) is 1. The number of benzene rings is 1. The Labute approximate surface area is 105 Å². The Morgan fingerprint density at radius 3 is 2.32 bits per heavy atom. The maximum Gasteiger partial charge on any atom is 0.416 e. The number of rotatable bonds is 5. The van der Waals surface area contributed by atoms with Crippen LogP contribution in [0.4, 0.5) is 26.3 Å². The average Bonchev–Trinajstić information content (AvgIpc) is 2.29. The van der Waals surface area contributed by atoms with Gasteiger partial charge in [0.1, 0.15) is 5.82 Å². The molecule has 0 aromatic heterocycles. The second-order valence-corrected chi connectivity index (χ2v) is 3.82. The summed E-state index contributed by atoms with van der Waals surface area (Å²) < 4.78 is 75.2. The van der Waals surface area contributed by atoms with E-state index in [1.54, 1.807) is 0 Å². The topological polar surface area (TPSA) is 38.0 Å². The predicted octanol–water partition coefficient (Wildman–Crippen LogP) is 2.70. The van der Waals surface area contributed by atoms with Crippen LogP contribution >= 0.6 is 0 Å². The van der Waals surface area contributed by atoms with Crippen LogP contribution in [0.5, 0.6) is 0 Å². The van der Waals surface area contributed by atoms with Gasteiger partial charge in [0.05, 0.1) is 12.1 Å². The summed E-state index contributed by atoms with van der Waals surface area (Å²) in [6, 6.07) is 0.930. The van der Waals surface area contributed by atoms with E-state index in [0.717, 1.165) is 12.1 Å². The zero-order valence-electron chi connectivity index (χ0n) is 9.65. The monoisotopic (exact) mass is 286 g/mol. The quantitative estimate of drug-likeness (QED) is 0.817. The Morgan fingerprint density at radius 2 is 1.84 bits per heavy atom. The first-order chi connectivity index (χ1) is 8.75. The molecule has 0 saturated heterocycles. The molecule has 0 amide bonds. The van der Waals surface area contributed by atoms with Gasteiger partial charge in [-0.15, -0.1) is 0 Å². The highest BCUT2D eigenvalue weighted by atomic mass is 19.4. The lowest BCUT2D eigenvalue weighted by Gasteiger charge is -2.21. The largest absolute Gasteiger partial charge is 0.416 e. The summed E-state index contributed by atoms with van der Waals surface area (Å²) in [5, 5.41) is 2.22. The minimum Gasteiger partial charge on any atom is -0.329 e. The van der Waals surface area contributed by atoms with Gasteiger partial charge in [0.2, 0.25) is 0 Å². The van der Waals surface area contributed by atoms with Crippen molar-refractivity contribution in [1.82, 2.24) is 5.32 Å². The molecular weight excluding hydrogens is 274 g/mol. The zero-order chi connectivity index (χ0) is 14.6. The first kappa shape index (κ1) is 15.8. The average molecular weight is 286 g/mol. The SMILES string of the molecule is NCC(NCC(F)F)c1ccc(F)cc1C(F)(F)F. The van der Waals surface area contributed by atoms with E-state index >= 15 is 0 Å². The maximum absolute atomic E-state index is 12.9. The van der Waals surface area contributed by atoms with Crippen LogP contribution in [0.15, 0.2) is 18.2 Å². The fourth-order valence-corrected chi connectivity index (χ4v) is 1.63. The predicted molar refractivity (Wildman–Crippen MR) is 57.2 cm³/mol. The standard InChI is InChI=1S/C11H12F6N2/c12-6-1-2-7(8(3-6)11(15,16)17)9(4-18)19-5-10(13)14/h1-3,9-10,19H,4-5,18H2. The van der Waals surface area contributed by atoms with Gasteiger partial charge < -0.3 is 11.1 Å². The number of halogens is 6. The first-order valence-electron chi connectivity index (χ1n) is 5.34. The van der Waals surface area contributed by atoms with E-state index in [0.29, 0.717) is 6.07 Å². The summed E-state index contributed by atoms with van der Waals surface area (Å²) in [6.07, 6.45) is -7.50. The van der Waals surface area contributed by atoms with Crippen molar-refractivity contribution in [3.63, 3.8) is 0 Å². The van der Waals surface area contributed by atoms with Crippen LogP contribution in [0.3, 0.4) is 0 Å². The van der Waals surface area contributed by atoms with Crippen molar-refractivity contribution in [2.75, 3.05) is 13.1 Å². The van der Waals surface area contributed by atoms with Crippen molar-refractivity contribution < 1.29 is 26.3 Å². The Balaban J connectivity index is 3.09. The molecular formula is C11H12F6N2. The van der Waals surface area contributed by atoms with Crippen molar-refractivity contribution in [1.29, 1.82) is 0 Å². The molecule has 0 saturated carbocycles. The molecule has 0 aliphatic rings. The van der Waals surface area contributed by atoms with E-state index in [-0.39, 0.29) is 12.1 Å². The summed E-state index contributed by atoms with van der Waals surface area (Å²) in [7, 11) is 0. The highest BCUT2D eigenvalue weighted by molar-refractivity contribution is 5.33.